The zero-order chi connectivity index (χ0) is 41.5. The highest BCUT2D eigenvalue weighted by atomic mass is 35.5. The number of ether oxygens (including phenoxy) is 4. The van der Waals surface area contributed by atoms with Crippen LogP contribution in [0.3, 0.4) is 0 Å². The number of halogens is 1. The number of aromatic nitrogens is 1. The lowest BCUT2D eigenvalue weighted by Gasteiger charge is -2.28. The number of pyridine rings is 1. The van der Waals surface area contributed by atoms with Crippen LogP contribution in [-0.2, 0) is 19.1 Å². The molecular formula is C42H58ClN5O8S. The Balaban J connectivity index is 1.21. The third-order valence-corrected chi connectivity index (χ3v) is 11.7. The zero-order valence-electron chi connectivity index (χ0n) is 34.2. The minimum atomic E-state index is -0.949. The van der Waals surface area contributed by atoms with Gasteiger partial charge < -0.3 is 29.2 Å². The second kappa shape index (κ2) is 19.1. The summed E-state index contributed by atoms with van der Waals surface area (Å²) in [5.74, 6) is 0.606. The maximum Gasteiger partial charge on any atom is 0.408 e. The number of likely N-dealkylation sites (tertiary alicyclic amines) is 1. The van der Waals surface area contributed by atoms with Crippen molar-refractivity contribution in [2.24, 2.45) is 16.8 Å². The highest BCUT2D eigenvalue weighted by Crippen LogP contribution is 2.47. The molecule has 2 heterocycles. The molecule has 1 aliphatic heterocycles. The first-order valence-electron chi connectivity index (χ1n) is 20.0. The molecule has 1 saturated heterocycles. The highest BCUT2D eigenvalue weighted by Gasteiger charge is 2.45. The lowest BCUT2D eigenvalue weighted by Crippen LogP contribution is -2.52. The molecule has 5 rings (SSSR count). The van der Waals surface area contributed by atoms with Crippen LogP contribution in [-0.4, -0.2) is 88.7 Å². The van der Waals surface area contributed by atoms with Gasteiger partial charge >= 0.3 is 6.09 Å². The van der Waals surface area contributed by atoms with E-state index in [1.165, 1.54) is 12.0 Å². The van der Waals surface area contributed by atoms with Gasteiger partial charge in [0.25, 0.3) is 5.91 Å². The summed E-state index contributed by atoms with van der Waals surface area (Å²) in [6, 6.07) is 3.22. The van der Waals surface area contributed by atoms with Gasteiger partial charge in [0.2, 0.25) is 17.7 Å². The first-order chi connectivity index (χ1) is 27.0. The normalized spacial score (nSPS) is 21.6. The van der Waals surface area contributed by atoms with E-state index in [4.69, 9.17) is 30.5 Å². The number of allylic oxidation sites excluding steroid dienone is 2. The Morgan fingerprint density at radius 2 is 1.88 bits per heavy atom. The molecule has 1 aromatic carbocycles. The number of carbonyl (C=O) groups excluding carboxylic acids is 4. The Morgan fingerprint density at radius 1 is 1.14 bits per heavy atom. The molecule has 2 saturated carbocycles. The van der Waals surface area contributed by atoms with Crippen LogP contribution in [0.5, 0.6) is 17.4 Å². The highest BCUT2D eigenvalue weighted by molar-refractivity contribution is 7.99. The number of hydrogen-bond donors (Lipinski definition) is 2. The summed E-state index contributed by atoms with van der Waals surface area (Å²) in [4.78, 5) is 62.6. The largest absolute Gasteiger partial charge is 0.493 e. The third kappa shape index (κ3) is 12.5. The molecule has 13 nitrogen and oxygen atoms in total. The molecule has 0 bridgehead atoms. The molecule has 3 fully saturated rings. The molecule has 4 amide bonds. The van der Waals surface area contributed by atoms with Crippen LogP contribution < -0.4 is 24.2 Å². The maximum atomic E-state index is 14.3. The van der Waals surface area contributed by atoms with Crippen LogP contribution in [0.4, 0.5) is 4.79 Å². The lowest BCUT2D eigenvalue weighted by atomic mass is 10.0. The number of hydrogen-bond acceptors (Lipinski definition) is 10. The van der Waals surface area contributed by atoms with E-state index in [0.29, 0.717) is 52.1 Å². The fourth-order valence-corrected chi connectivity index (χ4v) is 7.86. The minimum absolute atomic E-state index is 0.0558. The van der Waals surface area contributed by atoms with Crippen LogP contribution in [0, 0.1) is 11.8 Å². The van der Waals surface area contributed by atoms with E-state index in [9.17, 15) is 19.2 Å². The van der Waals surface area contributed by atoms with Gasteiger partial charge in [0.1, 0.15) is 35.1 Å². The number of amides is 4. The monoisotopic (exact) mass is 827 g/mol. The molecule has 5 atom stereocenters. The van der Waals surface area contributed by atoms with Crippen LogP contribution in [0.15, 0.2) is 35.3 Å². The minimum Gasteiger partial charge on any atom is -0.493 e. The molecule has 0 radical (unpaired) electrons. The number of methoxy groups -OCH3 is 1. The Kier molecular flexibility index (Phi) is 14.8. The van der Waals surface area contributed by atoms with Crippen LogP contribution in [0.1, 0.15) is 106 Å². The molecule has 2 aliphatic carbocycles. The van der Waals surface area contributed by atoms with Crippen molar-refractivity contribution >= 4 is 65.0 Å². The molecule has 3 aliphatic rings. The number of rotatable bonds is 19. The smallest absolute Gasteiger partial charge is 0.408 e. The number of fused-ring (bicyclic) bond motifs is 1. The topological polar surface area (TPSA) is 158 Å². The zero-order valence-corrected chi connectivity index (χ0v) is 35.8. The van der Waals surface area contributed by atoms with Crippen molar-refractivity contribution in [1.82, 2.24) is 19.9 Å². The second-order valence-electron chi connectivity index (χ2n) is 16.7. The molecule has 2 N–H and O–H groups in total. The predicted octanol–water partition coefficient (Wildman–Crippen LogP) is 8.00. The van der Waals surface area contributed by atoms with Gasteiger partial charge in [-0.25, -0.2) is 14.8 Å². The number of unbranched alkanes of at least 4 members (excludes halogenated alkanes) is 4. The first-order valence-corrected chi connectivity index (χ1v) is 21.2. The first kappa shape index (κ1) is 44.1. The summed E-state index contributed by atoms with van der Waals surface area (Å²) in [5, 5.41) is 3.76. The van der Waals surface area contributed by atoms with E-state index in [-0.39, 0.29) is 35.6 Å². The quantitative estimate of drug-likeness (QED) is 0.0616. The van der Waals surface area contributed by atoms with E-state index >= 15 is 0 Å². The van der Waals surface area contributed by atoms with Gasteiger partial charge in [-0.3, -0.25) is 19.1 Å². The molecule has 2 unspecified atom stereocenters. The Labute approximate surface area is 345 Å². The summed E-state index contributed by atoms with van der Waals surface area (Å²) >= 11 is 8.00. The van der Waals surface area contributed by atoms with E-state index in [1.807, 2.05) is 13.8 Å². The van der Waals surface area contributed by atoms with E-state index < -0.39 is 41.7 Å². The molecule has 57 heavy (non-hydrogen) atoms. The fraction of sp³-hybridized carbons (Fsp3) is 0.619. The Hall–Kier alpha value is -4.04. The fourth-order valence-electron chi connectivity index (χ4n) is 6.83. The van der Waals surface area contributed by atoms with Gasteiger partial charge in [0, 0.05) is 28.5 Å². The van der Waals surface area contributed by atoms with Gasteiger partial charge in [0.05, 0.1) is 24.8 Å². The molecule has 312 valence electrons. The van der Waals surface area contributed by atoms with Crippen molar-refractivity contribution in [3.63, 3.8) is 0 Å². The van der Waals surface area contributed by atoms with Crippen LogP contribution >= 0.6 is 23.5 Å². The van der Waals surface area contributed by atoms with E-state index in [0.717, 1.165) is 44.9 Å². The van der Waals surface area contributed by atoms with Crippen LogP contribution in [0.2, 0.25) is 5.02 Å². The Morgan fingerprint density at radius 3 is 2.54 bits per heavy atom. The maximum absolute atomic E-state index is 14.3. The van der Waals surface area contributed by atoms with Crippen molar-refractivity contribution in [3.8, 4) is 17.4 Å². The van der Waals surface area contributed by atoms with Crippen molar-refractivity contribution in [1.29, 1.82) is 0 Å². The number of nitrogens with zero attached hydrogens (tertiary/aromatic N) is 3. The number of benzene rings is 1. The summed E-state index contributed by atoms with van der Waals surface area (Å²) in [6.07, 6.45) is 10.8. The van der Waals surface area contributed by atoms with Gasteiger partial charge in [-0.2, -0.15) is 0 Å². The number of alkyl carbamates (subject to hydrolysis) is 1. The van der Waals surface area contributed by atoms with Gasteiger partial charge in [0.15, 0.2) is 5.75 Å². The van der Waals surface area contributed by atoms with E-state index in [1.54, 1.807) is 50.9 Å². The van der Waals surface area contributed by atoms with E-state index in [2.05, 4.69) is 45.8 Å². The predicted molar refractivity (Wildman–Crippen MR) is 223 cm³/mol. The standard InChI is InChI=1S/C42H58ClN5O8S/c1-25(2)54-34-23-33(28-17-18-30(43)36(53-8)35(28)46-34)55-27-22-32(38(50)44-7)48(24-27)39(51)31(45-40(52)56-41(3,4)5)16-14-12-10-9-11-13-15-26-21-29(26)37(49)47-57-42(6)19-20-42/h13,15,17-18,23,25-27,29,31-32H,7,9-12,14,16,19-22,24H2,1-6,8H3,(H,45,52)(H,47,49)/b15-13-/t26?,27-,29+,31?,32+/m1/s1. The summed E-state index contributed by atoms with van der Waals surface area (Å²) in [5.41, 5.74) is -0.338. The van der Waals surface area contributed by atoms with Gasteiger partial charge in [-0.1, -0.05) is 43.0 Å². The molecular weight excluding hydrogens is 770 g/mol. The average molecular weight is 828 g/mol. The van der Waals surface area contributed by atoms with Crippen molar-refractivity contribution in [2.45, 2.75) is 140 Å². The number of carbonyl (C=O) groups is 4. The van der Waals surface area contributed by atoms with Crippen molar-refractivity contribution < 1.29 is 38.1 Å². The molecule has 15 heteroatoms. The summed E-state index contributed by atoms with van der Waals surface area (Å²) < 4.78 is 26.8. The summed E-state index contributed by atoms with van der Waals surface area (Å²) in [7, 11) is 1.50. The molecule has 1 aromatic heterocycles. The molecule has 0 spiro atoms. The SMILES string of the molecule is C=NC(=O)[C@@H]1C[C@@H](Oc2cc(OC(C)C)nc3c(OC)c(Cl)ccc23)CN1C(=O)C(CCCCCC/C=C\C1C[C@@H]1C(=O)NSC1(C)CC1)NC(=O)OC(C)(C)C. The second-order valence-corrected chi connectivity index (χ2v) is 18.5. The number of aliphatic imine (C=N–C) groups is 1. The average Bonchev–Trinajstić information content (AvgIpc) is 4.05. The molecule has 2 aromatic rings. The lowest BCUT2D eigenvalue weighted by molar-refractivity contribution is -0.139. The number of nitrogens with one attached hydrogen (secondary N) is 2. The summed E-state index contributed by atoms with van der Waals surface area (Å²) in [6.45, 7) is 14.7. The van der Waals surface area contributed by atoms with Crippen molar-refractivity contribution in [3.05, 3.63) is 35.4 Å². The Bertz CT molecular complexity index is 1830. The third-order valence-electron chi connectivity index (χ3n) is 10.2. The van der Waals surface area contributed by atoms with Gasteiger partial charge in [-0.05, 0) is 117 Å². The van der Waals surface area contributed by atoms with Crippen molar-refractivity contribution in [2.75, 3.05) is 13.7 Å². The van der Waals surface area contributed by atoms with Gasteiger partial charge in [-0.15, -0.1) is 0 Å². The van der Waals surface area contributed by atoms with Crippen LogP contribution in [0.25, 0.3) is 10.9 Å².